The van der Waals surface area contributed by atoms with Crippen LogP contribution in [0.15, 0.2) is 72.1 Å². The van der Waals surface area contributed by atoms with Gasteiger partial charge in [-0.15, -0.1) is 22.7 Å². The standard InChI is InChI=1S/C24H21N3O2S2/c1-27(2)24(29)17-10-6-11-18(14-17)25-21(28)15-20-22(19-12-7-13-30-19)26-23(31-20)16-8-4-3-5-9-16/h3-14H,15H2,1-2H3,(H,25,28). The minimum Gasteiger partial charge on any atom is -0.345 e. The molecule has 2 amide bonds. The van der Waals surface area contributed by atoms with E-state index in [1.54, 1.807) is 49.7 Å². The second kappa shape index (κ2) is 9.24. The first kappa shape index (κ1) is 21.0. The van der Waals surface area contributed by atoms with Gasteiger partial charge in [0.15, 0.2) is 0 Å². The number of rotatable bonds is 6. The van der Waals surface area contributed by atoms with Crippen molar-refractivity contribution in [3.05, 3.63) is 82.6 Å². The molecule has 0 aliphatic heterocycles. The fourth-order valence-electron chi connectivity index (χ4n) is 3.12. The maximum absolute atomic E-state index is 12.8. The molecule has 0 aliphatic carbocycles. The molecule has 0 unspecified atom stereocenters. The number of nitrogens with zero attached hydrogens (tertiary/aromatic N) is 2. The third kappa shape index (κ3) is 4.90. The summed E-state index contributed by atoms with van der Waals surface area (Å²) >= 11 is 3.14. The van der Waals surface area contributed by atoms with Crippen molar-refractivity contribution in [3.8, 4) is 21.1 Å². The number of anilines is 1. The van der Waals surface area contributed by atoms with E-state index in [0.717, 1.165) is 26.0 Å². The van der Waals surface area contributed by atoms with Crippen molar-refractivity contribution < 1.29 is 9.59 Å². The van der Waals surface area contributed by atoms with Crippen molar-refractivity contribution in [2.45, 2.75) is 6.42 Å². The quantitative estimate of drug-likeness (QED) is 0.429. The second-order valence-corrected chi connectivity index (χ2v) is 9.17. The van der Waals surface area contributed by atoms with Gasteiger partial charge < -0.3 is 10.2 Å². The van der Waals surface area contributed by atoms with Crippen molar-refractivity contribution in [2.75, 3.05) is 19.4 Å². The molecule has 2 aromatic carbocycles. The number of hydrogen-bond donors (Lipinski definition) is 1. The lowest BCUT2D eigenvalue weighted by molar-refractivity contribution is -0.115. The summed E-state index contributed by atoms with van der Waals surface area (Å²) in [6.07, 6.45) is 0.212. The van der Waals surface area contributed by atoms with Crippen molar-refractivity contribution in [2.24, 2.45) is 0 Å². The Kier molecular flexibility index (Phi) is 6.25. The third-order valence-corrected chi connectivity index (χ3v) is 6.57. The van der Waals surface area contributed by atoms with Crippen molar-refractivity contribution >= 4 is 40.2 Å². The molecule has 31 heavy (non-hydrogen) atoms. The molecule has 5 nitrogen and oxygen atoms in total. The summed E-state index contributed by atoms with van der Waals surface area (Å²) in [5, 5.41) is 5.82. The van der Waals surface area contributed by atoms with Crippen LogP contribution in [0.3, 0.4) is 0 Å². The molecular weight excluding hydrogens is 426 g/mol. The van der Waals surface area contributed by atoms with E-state index in [9.17, 15) is 9.59 Å². The normalized spacial score (nSPS) is 10.6. The van der Waals surface area contributed by atoms with E-state index in [1.807, 2.05) is 47.8 Å². The molecule has 0 atom stereocenters. The number of carbonyl (C=O) groups excluding carboxylic acids is 2. The van der Waals surface area contributed by atoms with Gasteiger partial charge in [-0.2, -0.15) is 0 Å². The van der Waals surface area contributed by atoms with Crippen LogP contribution in [-0.2, 0) is 11.2 Å². The SMILES string of the molecule is CN(C)C(=O)c1cccc(NC(=O)Cc2sc(-c3ccccc3)nc2-c2cccs2)c1. The summed E-state index contributed by atoms with van der Waals surface area (Å²) in [5.74, 6) is -0.249. The lowest BCUT2D eigenvalue weighted by Crippen LogP contribution is -2.22. The minimum atomic E-state index is -0.143. The molecule has 0 saturated carbocycles. The number of thiazole rings is 1. The molecule has 0 radical (unpaired) electrons. The Hall–Kier alpha value is -3.29. The first-order chi connectivity index (χ1) is 15.0. The van der Waals surface area contributed by atoms with Gasteiger partial charge in [-0.25, -0.2) is 4.98 Å². The zero-order valence-electron chi connectivity index (χ0n) is 17.2. The molecule has 4 rings (SSSR count). The van der Waals surface area contributed by atoms with Crippen LogP contribution < -0.4 is 5.32 Å². The van der Waals surface area contributed by atoms with Crippen LogP contribution in [0.25, 0.3) is 21.1 Å². The molecular formula is C24H21N3O2S2. The molecule has 2 aromatic heterocycles. The van der Waals surface area contributed by atoms with E-state index >= 15 is 0 Å². The minimum absolute atomic E-state index is 0.106. The topological polar surface area (TPSA) is 62.3 Å². The van der Waals surface area contributed by atoms with Crippen molar-refractivity contribution in [3.63, 3.8) is 0 Å². The molecule has 1 N–H and O–H groups in total. The van der Waals surface area contributed by atoms with Crippen LogP contribution in [0.1, 0.15) is 15.2 Å². The smallest absolute Gasteiger partial charge is 0.253 e. The number of carbonyl (C=O) groups is 2. The van der Waals surface area contributed by atoms with Gasteiger partial charge in [0.05, 0.1) is 17.0 Å². The molecule has 0 aliphatic rings. The average Bonchev–Trinajstić information content (AvgIpc) is 3.44. The fourth-order valence-corrected chi connectivity index (χ4v) is 5.01. The number of benzene rings is 2. The summed E-state index contributed by atoms with van der Waals surface area (Å²) in [7, 11) is 3.40. The summed E-state index contributed by atoms with van der Waals surface area (Å²) in [4.78, 5) is 33.3. The number of aromatic nitrogens is 1. The number of hydrogen-bond acceptors (Lipinski definition) is 5. The van der Waals surface area contributed by atoms with Crippen LogP contribution in [0.4, 0.5) is 5.69 Å². The van der Waals surface area contributed by atoms with Gasteiger partial charge in [0.25, 0.3) is 5.91 Å². The highest BCUT2D eigenvalue weighted by molar-refractivity contribution is 7.17. The first-order valence-electron chi connectivity index (χ1n) is 9.72. The monoisotopic (exact) mass is 447 g/mol. The van der Waals surface area contributed by atoms with E-state index in [4.69, 9.17) is 4.98 Å². The van der Waals surface area contributed by atoms with E-state index in [-0.39, 0.29) is 18.2 Å². The second-order valence-electron chi connectivity index (χ2n) is 7.14. The highest BCUT2D eigenvalue weighted by Gasteiger charge is 2.18. The van der Waals surface area contributed by atoms with Crippen molar-refractivity contribution in [1.29, 1.82) is 0 Å². The number of nitrogens with one attached hydrogen (secondary N) is 1. The molecule has 0 fully saturated rings. The van der Waals surface area contributed by atoms with E-state index in [0.29, 0.717) is 11.3 Å². The van der Waals surface area contributed by atoms with Crippen LogP contribution in [0.5, 0.6) is 0 Å². The van der Waals surface area contributed by atoms with Gasteiger partial charge in [-0.05, 0) is 29.6 Å². The Morgan fingerprint density at radius 1 is 1.00 bits per heavy atom. The molecule has 0 saturated heterocycles. The van der Waals surface area contributed by atoms with Gasteiger partial charge in [0.2, 0.25) is 5.91 Å². The third-order valence-electron chi connectivity index (χ3n) is 4.59. The van der Waals surface area contributed by atoms with Gasteiger partial charge in [0.1, 0.15) is 5.01 Å². The largest absolute Gasteiger partial charge is 0.345 e. The van der Waals surface area contributed by atoms with Gasteiger partial charge in [-0.1, -0.05) is 42.5 Å². The predicted octanol–water partition coefficient (Wildman–Crippen LogP) is 5.42. The summed E-state index contributed by atoms with van der Waals surface area (Å²) in [6, 6.07) is 21.0. The zero-order valence-corrected chi connectivity index (χ0v) is 18.8. The molecule has 2 heterocycles. The van der Waals surface area contributed by atoms with Gasteiger partial charge in [0, 0.05) is 35.8 Å². The Morgan fingerprint density at radius 3 is 2.52 bits per heavy atom. The van der Waals surface area contributed by atoms with Crippen LogP contribution in [0.2, 0.25) is 0 Å². The first-order valence-corrected chi connectivity index (χ1v) is 11.4. The fraction of sp³-hybridized carbons (Fsp3) is 0.125. The number of amides is 2. The average molecular weight is 448 g/mol. The summed E-state index contributed by atoms with van der Waals surface area (Å²) in [5.41, 5.74) is 3.02. The predicted molar refractivity (Wildman–Crippen MR) is 128 cm³/mol. The highest BCUT2D eigenvalue weighted by Crippen LogP contribution is 2.36. The lowest BCUT2D eigenvalue weighted by Gasteiger charge is -2.11. The Bertz CT molecular complexity index is 1200. The summed E-state index contributed by atoms with van der Waals surface area (Å²) in [6.45, 7) is 0. The summed E-state index contributed by atoms with van der Waals surface area (Å²) < 4.78 is 0. The van der Waals surface area contributed by atoms with E-state index < -0.39 is 0 Å². The Labute approximate surface area is 189 Å². The lowest BCUT2D eigenvalue weighted by atomic mass is 10.1. The van der Waals surface area contributed by atoms with E-state index in [1.165, 1.54) is 16.2 Å². The molecule has 156 valence electrons. The maximum Gasteiger partial charge on any atom is 0.253 e. The van der Waals surface area contributed by atoms with Crippen LogP contribution in [0, 0.1) is 0 Å². The molecule has 0 spiro atoms. The maximum atomic E-state index is 12.8. The Morgan fingerprint density at radius 2 is 1.81 bits per heavy atom. The highest BCUT2D eigenvalue weighted by atomic mass is 32.1. The van der Waals surface area contributed by atoms with Gasteiger partial charge in [-0.3, -0.25) is 9.59 Å². The van der Waals surface area contributed by atoms with Crippen molar-refractivity contribution in [1.82, 2.24) is 9.88 Å². The van der Waals surface area contributed by atoms with Crippen LogP contribution >= 0.6 is 22.7 Å². The zero-order chi connectivity index (χ0) is 21.8. The molecule has 0 bridgehead atoms. The van der Waals surface area contributed by atoms with E-state index in [2.05, 4.69) is 5.32 Å². The number of thiophene rings is 1. The Balaban J connectivity index is 1.57. The van der Waals surface area contributed by atoms with Gasteiger partial charge >= 0.3 is 0 Å². The molecule has 4 aromatic rings. The molecule has 7 heteroatoms. The van der Waals surface area contributed by atoms with Crippen LogP contribution in [-0.4, -0.2) is 35.8 Å².